The molecule has 6 heteroatoms. The van der Waals surface area contributed by atoms with Gasteiger partial charge in [-0.05, 0) is 63.8 Å². The number of hydrogen-bond acceptors (Lipinski definition) is 3. The lowest BCUT2D eigenvalue weighted by molar-refractivity contribution is 0.176. The molecule has 2 saturated heterocycles. The molecule has 3 rings (SSSR count). The van der Waals surface area contributed by atoms with Gasteiger partial charge in [-0.2, -0.15) is 0 Å². The summed E-state index contributed by atoms with van der Waals surface area (Å²) in [6.45, 7) is 9.28. The molecule has 0 spiro atoms. The van der Waals surface area contributed by atoms with Crippen molar-refractivity contribution in [3.05, 3.63) is 35.6 Å². The van der Waals surface area contributed by atoms with Gasteiger partial charge >= 0.3 is 0 Å². The van der Waals surface area contributed by atoms with E-state index in [1.54, 1.807) is 12.1 Å². The highest BCUT2D eigenvalue weighted by Gasteiger charge is 2.23. The van der Waals surface area contributed by atoms with Crippen LogP contribution in [0.15, 0.2) is 29.3 Å². The third-order valence-electron chi connectivity index (χ3n) is 6.25. The van der Waals surface area contributed by atoms with Crippen LogP contribution in [0.2, 0.25) is 0 Å². The molecule has 0 radical (unpaired) electrons. The number of nitrogens with one attached hydrogen (secondary N) is 2. The Morgan fingerprint density at radius 3 is 2.57 bits per heavy atom. The maximum Gasteiger partial charge on any atom is 0.191 e. The normalized spacial score (nSPS) is 22.5. The molecule has 0 amide bonds. The van der Waals surface area contributed by atoms with Crippen molar-refractivity contribution in [3.8, 4) is 0 Å². The standard InChI is InChI=1S/C22H36FN5/c1-3-28-12-6-8-20(28)16-26-22(24-2)25-15-18-10-13-27(14-11-18)17-19-7-4-5-9-21(19)23/h4-5,7,9,18,20H,3,6,8,10-17H2,1-2H3,(H2,24,25,26). The number of guanidine groups is 1. The molecule has 156 valence electrons. The quantitative estimate of drug-likeness (QED) is 0.556. The van der Waals surface area contributed by atoms with Gasteiger partial charge in [-0.25, -0.2) is 4.39 Å². The van der Waals surface area contributed by atoms with Crippen LogP contribution >= 0.6 is 0 Å². The smallest absolute Gasteiger partial charge is 0.191 e. The summed E-state index contributed by atoms with van der Waals surface area (Å²) < 4.78 is 13.8. The van der Waals surface area contributed by atoms with Crippen LogP contribution in [-0.2, 0) is 6.54 Å². The molecule has 1 atom stereocenters. The van der Waals surface area contributed by atoms with Gasteiger partial charge in [0.1, 0.15) is 5.82 Å². The van der Waals surface area contributed by atoms with Crippen LogP contribution in [0.3, 0.4) is 0 Å². The number of rotatable bonds is 7. The minimum atomic E-state index is -0.0925. The molecule has 5 nitrogen and oxygen atoms in total. The van der Waals surface area contributed by atoms with Crippen LogP contribution in [0.1, 0.15) is 38.2 Å². The molecule has 2 aliphatic heterocycles. The van der Waals surface area contributed by atoms with E-state index in [0.29, 0.717) is 18.5 Å². The largest absolute Gasteiger partial charge is 0.356 e. The van der Waals surface area contributed by atoms with Crippen molar-refractivity contribution in [2.45, 2.75) is 45.2 Å². The number of halogens is 1. The van der Waals surface area contributed by atoms with E-state index in [4.69, 9.17) is 0 Å². The number of nitrogens with zero attached hydrogens (tertiary/aromatic N) is 3. The number of benzene rings is 1. The molecule has 1 aromatic carbocycles. The number of likely N-dealkylation sites (N-methyl/N-ethyl adjacent to an activating group) is 1. The van der Waals surface area contributed by atoms with Gasteiger partial charge in [-0.15, -0.1) is 0 Å². The summed E-state index contributed by atoms with van der Waals surface area (Å²) in [5.74, 6) is 1.47. The Morgan fingerprint density at radius 1 is 1.11 bits per heavy atom. The fraction of sp³-hybridized carbons (Fsp3) is 0.682. The molecule has 2 heterocycles. The second-order valence-electron chi connectivity index (χ2n) is 8.07. The van der Waals surface area contributed by atoms with Crippen LogP contribution in [0, 0.1) is 11.7 Å². The number of likely N-dealkylation sites (tertiary alicyclic amines) is 2. The summed E-state index contributed by atoms with van der Waals surface area (Å²) in [4.78, 5) is 9.30. The first-order valence-corrected chi connectivity index (χ1v) is 10.8. The lowest BCUT2D eigenvalue weighted by Crippen LogP contribution is -2.46. The van der Waals surface area contributed by atoms with Crippen molar-refractivity contribution in [2.75, 3.05) is 46.3 Å². The molecule has 2 fully saturated rings. The average molecular weight is 390 g/mol. The van der Waals surface area contributed by atoms with Gasteiger partial charge in [-0.3, -0.25) is 14.8 Å². The number of piperidine rings is 1. The van der Waals surface area contributed by atoms with Crippen molar-refractivity contribution >= 4 is 5.96 Å². The monoisotopic (exact) mass is 389 g/mol. The summed E-state index contributed by atoms with van der Waals surface area (Å²) in [5, 5.41) is 7.02. The Kier molecular flexibility index (Phi) is 8.10. The van der Waals surface area contributed by atoms with E-state index in [-0.39, 0.29) is 5.82 Å². The first-order valence-electron chi connectivity index (χ1n) is 10.8. The Morgan fingerprint density at radius 2 is 1.86 bits per heavy atom. The minimum absolute atomic E-state index is 0.0925. The van der Waals surface area contributed by atoms with E-state index < -0.39 is 0 Å². The Labute approximate surface area is 169 Å². The predicted octanol–water partition coefficient (Wildman–Crippen LogP) is 2.69. The van der Waals surface area contributed by atoms with Gasteiger partial charge in [0.15, 0.2) is 5.96 Å². The van der Waals surface area contributed by atoms with E-state index >= 15 is 0 Å². The Balaban J connectivity index is 1.35. The maximum atomic E-state index is 13.8. The average Bonchev–Trinajstić information content (AvgIpc) is 3.18. The van der Waals surface area contributed by atoms with Gasteiger partial charge in [-0.1, -0.05) is 25.1 Å². The van der Waals surface area contributed by atoms with Gasteiger partial charge < -0.3 is 10.6 Å². The lowest BCUT2D eigenvalue weighted by Gasteiger charge is -2.32. The molecule has 0 aliphatic carbocycles. The second-order valence-corrected chi connectivity index (χ2v) is 8.07. The van der Waals surface area contributed by atoms with Crippen LogP contribution in [0.5, 0.6) is 0 Å². The first-order chi connectivity index (χ1) is 13.7. The first kappa shape index (κ1) is 21.1. The fourth-order valence-electron chi connectivity index (χ4n) is 4.43. The lowest BCUT2D eigenvalue weighted by atomic mass is 9.96. The molecule has 0 aromatic heterocycles. The highest BCUT2D eigenvalue weighted by Crippen LogP contribution is 2.19. The van der Waals surface area contributed by atoms with Gasteiger partial charge in [0.05, 0.1) is 0 Å². The van der Waals surface area contributed by atoms with Crippen molar-refractivity contribution in [2.24, 2.45) is 10.9 Å². The molecule has 2 aliphatic rings. The molecular formula is C22H36FN5. The van der Waals surface area contributed by atoms with Gasteiger partial charge in [0.2, 0.25) is 0 Å². The summed E-state index contributed by atoms with van der Waals surface area (Å²) in [5.41, 5.74) is 0.803. The summed E-state index contributed by atoms with van der Waals surface area (Å²) in [6.07, 6.45) is 4.87. The Hall–Kier alpha value is -1.66. The van der Waals surface area contributed by atoms with E-state index in [9.17, 15) is 4.39 Å². The molecule has 2 N–H and O–H groups in total. The Bertz CT molecular complexity index is 627. The van der Waals surface area contributed by atoms with Crippen molar-refractivity contribution < 1.29 is 4.39 Å². The van der Waals surface area contributed by atoms with E-state index in [1.165, 1.54) is 19.4 Å². The molecule has 28 heavy (non-hydrogen) atoms. The van der Waals surface area contributed by atoms with Crippen molar-refractivity contribution in [1.29, 1.82) is 0 Å². The fourth-order valence-corrected chi connectivity index (χ4v) is 4.43. The molecular weight excluding hydrogens is 353 g/mol. The van der Waals surface area contributed by atoms with Gasteiger partial charge in [0.25, 0.3) is 0 Å². The maximum absolute atomic E-state index is 13.8. The molecule has 1 aromatic rings. The van der Waals surface area contributed by atoms with Crippen molar-refractivity contribution in [3.63, 3.8) is 0 Å². The highest BCUT2D eigenvalue weighted by molar-refractivity contribution is 5.79. The third-order valence-corrected chi connectivity index (χ3v) is 6.25. The highest BCUT2D eigenvalue weighted by atomic mass is 19.1. The summed E-state index contributed by atoms with van der Waals surface area (Å²) in [6, 6.07) is 7.74. The molecule has 1 unspecified atom stereocenters. The zero-order valence-electron chi connectivity index (χ0n) is 17.5. The van der Waals surface area contributed by atoms with Gasteiger partial charge in [0, 0.05) is 38.3 Å². The number of aliphatic imine (C=N–C) groups is 1. The second kappa shape index (κ2) is 10.8. The molecule has 0 saturated carbocycles. The minimum Gasteiger partial charge on any atom is -0.356 e. The third kappa shape index (κ3) is 5.92. The predicted molar refractivity (Wildman–Crippen MR) is 114 cm³/mol. The van der Waals surface area contributed by atoms with E-state index in [1.807, 2.05) is 19.2 Å². The summed E-state index contributed by atoms with van der Waals surface area (Å²) >= 11 is 0. The summed E-state index contributed by atoms with van der Waals surface area (Å²) in [7, 11) is 1.85. The van der Waals surface area contributed by atoms with Crippen LogP contribution in [0.4, 0.5) is 4.39 Å². The van der Waals surface area contributed by atoms with Crippen LogP contribution in [-0.4, -0.2) is 68.1 Å². The van der Waals surface area contributed by atoms with E-state index in [0.717, 1.165) is 57.1 Å². The van der Waals surface area contributed by atoms with Crippen molar-refractivity contribution in [1.82, 2.24) is 20.4 Å². The van der Waals surface area contributed by atoms with Crippen LogP contribution < -0.4 is 10.6 Å². The van der Waals surface area contributed by atoms with E-state index in [2.05, 4.69) is 32.3 Å². The van der Waals surface area contributed by atoms with Crippen LogP contribution in [0.25, 0.3) is 0 Å². The topological polar surface area (TPSA) is 42.9 Å². The molecule has 0 bridgehead atoms. The SMILES string of the molecule is CCN1CCCC1CNC(=NC)NCC1CCN(Cc2ccccc2F)CC1. The zero-order chi connectivity index (χ0) is 19.8. The zero-order valence-corrected chi connectivity index (χ0v) is 17.5. The number of hydrogen-bond donors (Lipinski definition) is 2.